The normalized spacial score (nSPS) is 12.8. The highest BCUT2D eigenvalue weighted by Gasteiger charge is 2.20. The van der Waals surface area contributed by atoms with Gasteiger partial charge in [0.25, 0.3) is 0 Å². The van der Waals surface area contributed by atoms with Crippen LogP contribution in [0.1, 0.15) is 17.2 Å². The predicted octanol–water partition coefficient (Wildman–Crippen LogP) is 2.03. The number of nitrogens with two attached hydrogens (primary N) is 1. The minimum atomic E-state index is -0.806. The molecular formula is C8H10BrNO2S. The molecule has 0 fully saturated rings. The van der Waals surface area contributed by atoms with Gasteiger partial charge in [0.1, 0.15) is 0 Å². The summed E-state index contributed by atoms with van der Waals surface area (Å²) in [7, 11) is 0. The van der Waals surface area contributed by atoms with Crippen molar-refractivity contribution in [3.63, 3.8) is 0 Å². The Morgan fingerprint density at radius 2 is 2.38 bits per heavy atom. The highest BCUT2D eigenvalue weighted by atomic mass is 79.9. The molecule has 0 saturated carbocycles. The van der Waals surface area contributed by atoms with Crippen LogP contribution >= 0.6 is 27.3 Å². The van der Waals surface area contributed by atoms with Crippen LogP contribution < -0.4 is 5.73 Å². The van der Waals surface area contributed by atoms with E-state index in [0.717, 1.165) is 8.66 Å². The molecule has 1 heterocycles. The molecule has 0 bridgehead atoms. The van der Waals surface area contributed by atoms with Crippen LogP contribution in [-0.2, 0) is 4.79 Å². The molecule has 0 aliphatic heterocycles. The standard InChI is InChI=1S/C8H10BrNO2S/c9-7-2-1-6(13-7)5(3-4-10)8(11)12/h1-2,5H,3-4,10H2,(H,11,12). The lowest BCUT2D eigenvalue weighted by Crippen LogP contribution is -2.14. The second-order valence-corrected chi connectivity index (χ2v) is 5.10. The number of hydrogen-bond donors (Lipinski definition) is 2. The van der Waals surface area contributed by atoms with Crippen LogP contribution in [0.25, 0.3) is 0 Å². The van der Waals surface area contributed by atoms with Crippen LogP contribution in [0, 0.1) is 0 Å². The van der Waals surface area contributed by atoms with Gasteiger partial charge in [-0.3, -0.25) is 4.79 Å². The summed E-state index contributed by atoms with van der Waals surface area (Å²) in [6.07, 6.45) is 0.488. The summed E-state index contributed by atoms with van der Waals surface area (Å²) in [5.41, 5.74) is 5.34. The Kier molecular flexibility index (Phi) is 3.90. The molecule has 0 radical (unpaired) electrons. The van der Waals surface area contributed by atoms with Gasteiger partial charge in [-0.25, -0.2) is 0 Å². The zero-order valence-corrected chi connectivity index (χ0v) is 9.27. The Balaban J connectivity index is 2.81. The Morgan fingerprint density at radius 1 is 1.69 bits per heavy atom. The van der Waals surface area contributed by atoms with Gasteiger partial charge in [-0.05, 0) is 41.0 Å². The third-order valence-corrected chi connectivity index (χ3v) is 3.43. The molecule has 3 nitrogen and oxygen atoms in total. The maximum Gasteiger partial charge on any atom is 0.311 e. The lowest BCUT2D eigenvalue weighted by Gasteiger charge is -2.07. The van der Waals surface area contributed by atoms with E-state index in [2.05, 4.69) is 15.9 Å². The molecule has 72 valence electrons. The first-order valence-corrected chi connectivity index (χ1v) is 5.44. The molecule has 0 aliphatic carbocycles. The topological polar surface area (TPSA) is 63.3 Å². The van der Waals surface area contributed by atoms with E-state index < -0.39 is 11.9 Å². The molecule has 1 rings (SSSR count). The third kappa shape index (κ3) is 2.79. The van der Waals surface area contributed by atoms with E-state index in [-0.39, 0.29) is 0 Å². The first-order valence-electron chi connectivity index (χ1n) is 3.83. The highest BCUT2D eigenvalue weighted by molar-refractivity contribution is 9.11. The molecule has 0 amide bonds. The fourth-order valence-corrected chi connectivity index (χ4v) is 2.62. The highest BCUT2D eigenvalue weighted by Crippen LogP contribution is 2.30. The molecule has 0 aromatic carbocycles. The van der Waals surface area contributed by atoms with E-state index in [9.17, 15) is 4.79 Å². The van der Waals surface area contributed by atoms with Gasteiger partial charge in [-0.1, -0.05) is 0 Å². The van der Waals surface area contributed by atoms with E-state index in [4.69, 9.17) is 10.8 Å². The SMILES string of the molecule is NCCC(C(=O)O)c1ccc(Br)s1. The summed E-state index contributed by atoms with van der Waals surface area (Å²) in [5, 5.41) is 8.90. The number of carboxylic acids is 1. The molecule has 5 heteroatoms. The monoisotopic (exact) mass is 263 g/mol. The van der Waals surface area contributed by atoms with Crippen molar-refractivity contribution in [3.8, 4) is 0 Å². The average molecular weight is 264 g/mol. The molecule has 3 N–H and O–H groups in total. The zero-order chi connectivity index (χ0) is 9.84. The summed E-state index contributed by atoms with van der Waals surface area (Å²) in [6, 6.07) is 3.68. The second-order valence-electron chi connectivity index (χ2n) is 2.61. The number of halogens is 1. The van der Waals surface area contributed by atoms with Gasteiger partial charge in [-0.2, -0.15) is 0 Å². The summed E-state index contributed by atoms with van der Waals surface area (Å²) in [4.78, 5) is 11.7. The van der Waals surface area contributed by atoms with Crippen LogP contribution in [0.5, 0.6) is 0 Å². The number of rotatable bonds is 4. The van der Waals surface area contributed by atoms with E-state index in [1.54, 1.807) is 0 Å². The fourth-order valence-electron chi connectivity index (χ4n) is 1.07. The van der Waals surface area contributed by atoms with Crippen LogP contribution in [-0.4, -0.2) is 17.6 Å². The first-order chi connectivity index (χ1) is 6.15. The van der Waals surface area contributed by atoms with Crippen molar-refractivity contribution in [2.45, 2.75) is 12.3 Å². The molecule has 13 heavy (non-hydrogen) atoms. The van der Waals surface area contributed by atoms with E-state index in [1.165, 1.54) is 11.3 Å². The van der Waals surface area contributed by atoms with Crippen molar-refractivity contribution in [1.82, 2.24) is 0 Å². The molecule has 1 aromatic rings. The maximum atomic E-state index is 10.8. The summed E-state index contributed by atoms with van der Waals surface area (Å²) in [5.74, 6) is -1.26. The Hall–Kier alpha value is -0.390. The molecule has 1 atom stereocenters. The van der Waals surface area contributed by atoms with Gasteiger partial charge < -0.3 is 10.8 Å². The van der Waals surface area contributed by atoms with Crippen molar-refractivity contribution in [1.29, 1.82) is 0 Å². The first kappa shape index (κ1) is 10.7. The molecule has 0 saturated heterocycles. The van der Waals surface area contributed by atoms with Crippen molar-refractivity contribution in [3.05, 3.63) is 20.8 Å². The summed E-state index contributed by atoms with van der Waals surface area (Å²) < 4.78 is 0.950. The van der Waals surface area contributed by atoms with Crippen molar-refractivity contribution in [2.75, 3.05) is 6.54 Å². The molecule has 0 aliphatic rings. The van der Waals surface area contributed by atoms with Gasteiger partial charge in [0.15, 0.2) is 0 Å². The van der Waals surface area contributed by atoms with E-state index in [0.29, 0.717) is 13.0 Å². The number of aliphatic carboxylic acids is 1. The quantitative estimate of drug-likeness (QED) is 0.874. The Morgan fingerprint density at radius 3 is 2.77 bits per heavy atom. The molecule has 0 spiro atoms. The van der Waals surface area contributed by atoms with Gasteiger partial charge in [0.2, 0.25) is 0 Å². The second kappa shape index (κ2) is 4.74. The smallest absolute Gasteiger partial charge is 0.311 e. The van der Waals surface area contributed by atoms with Crippen molar-refractivity contribution < 1.29 is 9.90 Å². The lowest BCUT2D eigenvalue weighted by atomic mass is 10.0. The lowest BCUT2D eigenvalue weighted by molar-refractivity contribution is -0.138. The van der Waals surface area contributed by atoms with E-state index >= 15 is 0 Å². The number of hydrogen-bond acceptors (Lipinski definition) is 3. The predicted molar refractivity (Wildman–Crippen MR) is 56.1 cm³/mol. The summed E-state index contributed by atoms with van der Waals surface area (Å²) in [6.45, 7) is 0.395. The Labute approximate surface area is 88.7 Å². The largest absolute Gasteiger partial charge is 0.481 e. The van der Waals surface area contributed by atoms with E-state index in [1.807, 2.05) is 12.1 Å². The number of carbonyl (C=O) groups is 1. The summed E-state index contributed by atoms with van der Waals surface area (Å²) >= 11 is 4.74. The van der Waals surface area contributed by atoms with Crippen LogP contribution in [0.15, 0.2) is 15.9 Å². The minimum Gasteiger partial charge on any atom is -0.481 e. The van der Waals surface area contributed by atoms with Crippen LogP contribution in [0.3, 0.4) is 0 Å². The molecular weight excluding hydrogens is 254 g/mol. The van der Waals surface area contributed by atoms with Crippen LogP contribution in [0.2, 0.25) is 0 Å². The number of thiophene rings is 1. The molecule has 1 aromatic heterocycles. The van der Waals surface area contributed by atoms with Gasteiger partial charge >= 0.3 is 5.97 Å². The number of carboxylic acid groups (broad SMARTS) is 1. The Bertz CT molecular complexity index is 300. The zero-order valence-electron chi connectivity index (χ0n) is 6.87. The molecule has 1 unspecified atom stereocenters. The van der Waals surface area contributed by atoms with Crippen molar-refractivity contribution in [2.24, 2.45) is 5.73 Å². The average Bonchev–Trinajstić information content (AvgIpc) is 2.46. The fraction of sp³-hybridized carbons (Fsp3) is 0.375. The minimum absolute atomic E-state index is 0.395. The van der Waals surface area contributed by atoms with Crippen LogP contribution in [0.4, 0.5) is 0 Å². The van der Waals surface area contributed by atoms with Gasteiger partial charge in [-0.15, -0.1) is 11.3 Å². The third-order valence-electron chi connectivity index (χ3n) is 1.69. The van der Waals surface area contributed by atoms with Gasteiger partial charge in [0, 0.05) is 4.88 Å². The van der Waals surface area contributed by atoms with Gasteiger partial charge in [0.05, 0.1) is 9.70 Å². The van der Waals surface area contributed by atoms with Crippen molar-refractivity contribution >= 4 is 33.2 Å². The maximum absolute atomic E-state index is 10.8.